The number of hydrogen-bond acceptors (Lipinski definition) is 5. The molecule has 2 aliphatic rings. The summed E-state index contributed by atoms with van der Waals surface area (Å²) in [5.74, 6) is 1.15. The van der Waals surface area contributed by atoms with Crippen molar-refractivity contribution in [1.29, 1.82) is 0 Å². The molecular weight excluding hydrogens is 266 g/mol. The van der Waals surface area contributed by atoms with Crippen LogP contribution >= 0.6 is 12.4 Å². The first-order valence-corrected chi connectivity index (χ1v) is 6.12. The maximum absolute atomic E-state index is 9.53. The lowest BCUT2D eigenvalue weighted by Crippen LogP contribution is -2.43. The summed E-state index contributed by atoms with van der Waals surface area (Å²) in [6, 6.07) is 5.52. The van der Waals surface area contributed by atoms with E-state index in [-0.39, 0.29) is 24.2 Å². The van der Waals surface area contributed by atoms with Crippen molar-refractivity contribution in [3.8, 4) is 11.5 Å². The summed E-state index contributed by atoms with van der Waals surface area (Å²) in [4.78, 5) is 2.23. The number of hydrogen-bond donors (Lipinski definition) is 3. The Morgan fingerprint density at radius 2 is 2.32 bits per heavy atom. The molecule has 0 saturated carbocycles. The van der Waals surface area contributed by atoms with Gasteiger partial charge in [0.2, 0.25) is 0 Å². The van der Waals surface area contributed by atoms with Gasteiger partial charge in [-0.25, -0.2) is 0 Å². The molecule has 0 bridgehead atoms. The van der Waals surface area contributed by atoms with Crippen LogP contribution < -0.4 is 15.8 Å². The maximum Gasteiger partial charge on any atom is 0.122 e. The Morgan fingerprint density at radius 3 is 3.11 bits per heavy atom. The minimum atomic E-state index is 0. The van der Waals surface area contributed by atoms with Crippen molar-refractivity contribution in [2.75, 3.05) is 19.8 Å². The number of nitrogens with zero attached hydrogens (tertiary/aromatic N) is 1. The van der Waals surface area contributed by atoms with Crippen molar-refractivity contribution in [3.05, 3.63) is 35.7 Å². The van der Waals surface area contributed by atoms with Crippen LogP contribution in [0.3, 0.4) is 0 Å². The summed E-state index contributed by atoms with van der Waals surface area (Å²) in [7, 11) is 0. The summed E-state index contributed by atoms with van der Waals surface area (Å²) >= 11 is 0. The largest absolute Gasteiger partial charge is 0.508 e. The molecule has 0 fully saturated rings. The van der Waals surface area contributed by atoms with Crippen LogP contribution in [0.1, 0.15) is 5.56 Å². The summed E-state index contributed by atoms with van der Waals surface area (Å²) in [6.45, 7) is 1.95. The molecular formula is C13H18ClN3O2. The van der Waals surface area contributed by atoms with Crippen LogP contribution in [-0.2, 0) is 6.42 Å². The van der Waals surface area contributed by atoms with Crippen LogP contribution in [0.15, 0.2) is 30.1 Å². The predicted molar refractivity (Wildman–Crippen MR) is 75.3 cm³/mol. The molecule has 6 heteroatoms. The molecule has 0 radical (unpaired) electrons. The van der Waals surface area contributed by atoms with E-state index in [1.54, 1.807) is 12.1 Å². The van der Waals surface area contributed by atoms with Gasteiger partial charge in [0.05, 0.1) is 12.7 Å². The fourth-order valence-electron chi connectivity index (χ4n) is 2.55. The second-order valence-electron chi connectivity index (χ2n) is 4.63. The Balaban J connectivity index is 0.00000133. The van der Waals surface area contributed by atoms with E-state index >= 15 is 0 Å². The molecule has 1 aromatic carbocycles. The van der Waals surface area contributed by atoms with Crippen LogP contribution in [0.2, 0.25) is 0 Å². The molecule has 2 aliphatic heterocycles. The Morgan fingerprint density at radius 1 is 1.47 bits per heavy atom. The average Bonchev–Trinajstić information content (AvgIpc) is 2.86. The molecule has 3 rings (SSSR count). The Kier molecular flexibility index (Phi) is 4.07. The van der Waals surface area contributed by atoms with Crippen molar-refractivity contribution in [1.82, 2.24) is 10.2 Å². The van der Waals surface area contributed by atoms with E-state index in [4.69, 9.17) is 10.5 Å². The monoisotopic (exact) mass is 283 g/mol. The summed E-state index contributed by atoms with van der Waals surface area (Å²) in [5, 5.41) is 12.7. The van der Waals surface area contributed by atoms with E-state index < -0.39 is 0 Å². The van der Waals surface area contributed by atoms with Gasteiger partial charge in [-0.05, 0) is 30.2 Å². The molecule has 1 aromatic rings. The number of phenolic OH excluding ortho intramolecular Hbond substituents is 1. The zero-order chi connectivity index (χ0) is 12.5. The lowest BCUT2D eigenvalue weighted by Gasteiger charge is -2.34. The first-order valence-electron chi connectivity index (χ1n) is 6.12. The minimum Gasteiger partial charge on any atom is -0.508 e. The van der Waals surface area contributed by atoms with Gasteiger partial charge >= 0.3 is 0 Å². The van der Waals surface area contributed by atoms with E-state index in [0.29, 0.717) is 13.2 Å². The van der Waals surface area contributed by atoms with Gasteiger partial charge in [-0.2, -0.15) is 0 Å². The molecule has 0 aromatic heterocycles. The number of fused-ring (bicyclic) bond motifs is 1. The van der Waals surface area contributed by atoms with Crippen LogP contribution in [-0.4, -0.2) is 35.9 Å². The topological polar surface area (TPSA) is 70.8 Å². The molecule has 5 nitrogen and oxygen atoms in total. The molecule has 0 saturated heterocycles. The molecule has 0 spiro atoms. The first-order chi connectivity index (χ1) is 8.78. The van der Waals surface area contributed by atoms with Gasteiger partial charge in [-0.15, -0.1) is 12.4 Å². The Bertz CT molecular complexity index is 493. The van der Waals surface area contributed by atoms with Crippen molar-refractivity contribution < 1.29 is 9.84 Å². The fraction of sp³-hybridized carbons (Fsp3) is 0.385. The van der Waals surface area contributed by atoms with Gasteiger partial charge in [-0.1, -0.05) is 0 Å². The third-order valence-electron chi connectivity index (χ3n) is 3.48. The predicted octanol–water partition coefficient (Wildman–Crippen LogP) is 0.780. The second kappa shape index (κ2) is 5.59. The smallest absolute Gasteiger partial charge is 0.122 e. The van der Waals surface area contributed by atoms with Gasteiger partial charge in [0.25, 0.3) is 0 Å². The number of phenols is 1. The molecule has 0 amide bonds. The SMILES string of the molecule is Cl.NCC1=CNCN1[C@H]1COc2ccc(O)cc2C1. The Labute approximate surface area is 118 Å². The molecule has 1 atom stereocenters. The highest BCUT2D eigenvalue weighted by molar-refractivity contribution is 5.85. The van der Waals surface area contributed by atoms with Gasteiger partial charge in [0, 0.05) is 18.4 Å². The fourth-order valence-corrected chi connectivity index (χ4v) is 2.55. The van der Waals surface area contributed by atoms with Crippen molar-refractivity contribution in [2.24, 2.45) is 5.73 Å². The quantitative estimate of drug-likeness (QED) is 0.748. The van der Waals surface area contributed by atoms with E-state index in [2.05, 4.69) is 10.2 Å². The highest BCUT2D eigenvalue weighted by atomic mass is 35.5. The lowest BCUT2D eigenvalue weighted by molar-refractivity contribution is 0.153. The molecule has 0 unspecified atom stereocenters. The van der Waals surface area contributed by atoms with E-state index in [9.17, 15) is 5.11 Å². The van der Waals surface area contributed by atoms with Gasteiger partial charge in [0.1, 0.15) is 18.1 Å². The number of rotatable bonds is 2. The highest BCUT2D eigenvalue weighted by Gasteiger charge is 2.28. The van der Waals surface area contributed by atoms with E-state index in [1.165, 1.54) is 0 Å². The normalized spacial score (nSPS) is 20.8. The number of benzene rings is 1. The van der Waals surface area contributed by atoms with Crippen LogP contribution in [0.5, 0.6) is 11.5 Å². The third-order valence-corrected chi connectivity index (χ3v) is 3.48. The third kappa shape index (κ3) is 2.57. The number of halogens is 1. The number of aromatic hydroxyl groups is 1. The van der Waals surface area contributed by atoms with Gasteiger partial charge in [-0.3, -0.25) is 0 Å². The Hall–Kier alpha value is -1.59. The number of nitrogens with two attached hydrogens (primary N) is 1. The highest BCUT2D eigenvalue weighted by Crippen LogP contribution is 2.30. The summed E-state index contributed by atoms with van der Waals surface area (Å²) < 4.78 is 5.75. The van der Waals surface area contributed by atoms with Crippen molar-refractivity contribution in [3.63, 3.8) is 0 Å². The molecule has 19 heavy (non-hydrogen) atoms. The van der Waals surface area contributed by atoms with Crippen molar-refractivity contribution in [2.45, 2.75) is 12.5 Å². The standard InChI is InChI=1S/C13H17N3O2.ClH/c14-5-11-6-15-8-16(11)10-3-9-4-12(17)1-2-13(9)18-7-10;/h1-2,4,6,10,15,17H,3,5,7-8,14H2;1H/t10-;/m1./s1. The van der Waals surface area contributed by atoms with Crippen molar-refractivity contribution >= 4 is 12.4 Å². The van der Waals surface area contributed by atoms with Gasteiger partial charge in [0.15, 0.2) is 0 Å². The summed E-state index contributed by atoms with van der Waals surface area (Å²) in [5.41, 5.74) is 7.87. The zero-order valence-electron chi connectivity index (χ0n) is 10.5. The van der Waals surface area contributed by atoms with E-state index in [1.807, 2.05) is 12.3 Å². The number of nitrogens with one attached hydrogen (secondary N) is 1. The summed E-state index contributed by atoms with van der Waals surface area (Å²) in [6.07, 6.45) is 2.82. The number of ether oxygens (including phenoxy) is 1. The maximum atomic E-state index is 9.53. The van der Waals surface area contributed by atoms with E-state index in [0.717, 1.165) is 30.1 Å². The zero-order valence-corrected chi connectivity index (χ0v) is 11.3. The molecule has 104 valence electrons. The molecule has 4 N–H and O–H groups in total. The average molecular weight is 284 g/mol. The lowest BCUT2D eigenvalue weighted by atomic mass is 10.0. The van der Waals surface area contributed by atoms with Crippen LogP contribution in [0.4, 0.5) is 0 Å². The minimum absolute atomic E-state index is 0. The molecule has 2 heterocycles. The molecule has 0 aliphatic carbocycles. The van der Waals surface area contributed by atoms with Crippen LogP contribution in [0, 0.1) is 0 Å². The van der Waals surface area contributed by atoms with Gasteiger partial charge < -0.3 is 25.8 Å². The van der Waals surface area contributed by atoms with Crippen LogP contribution in [0.25, 0.3) is 0 Å². The second-order valence-corrected chi connectivity index (χ2v) is 4.63. The first kappa shape index (κ1) is 13.8.